The second-order valence-corrected chi connectivity index (χ2v) is 11.6. The highest BCUT2D eigenvalue weighted by atomic mass is 32.2. The largest absolute Gasteiger partial charge is 0.417 e. The lowest BCUT2D eigenvalue weighted by Gasteiger charge is -2.26. The summed E-state index contributed by atoms with van der Waals surface area (Å²) in [5.74, 6) is 0.877. The quantitative estimate of drug-likeness (QED) is 0.259. The van der Waals surface area contributed by atoms with Gasteiger partial charge in [0.05, 0.1) is 22.7 Å². The van der Waals surface area contributed by atoms with Crippen molar-refractivity contribution in [3.8, 4) is 11.4 Å². The van der Waals surface area contributed by atoms with Gasteiger partial charge in [0, 0.05) is 28.9 Å². The van der Waals surface area contributed by atoms with Gasteiger partial charge >= 0.3 is 6.18 Å². The monoisotopic (exact) mass is 564 g/mol. The predicted molar refractivity (Wildman–Crippen MR) is 143 cm³/mol. The fourth-order valence-corrected chi connectivity index (χ4v) is 6.28. The summed E-state index contributed by atoms with van der Waals surface area (Å²) in [5.41, 5.74) is 1.40. The Balaban J connectivity index is 1.49. The Kier molecular flexibility index (Phi) is 6.29. The van der Waals surface area contributed by atoms with Gasteiger partial charge in [-0.1, -0.05) is 24.3 Å². The molecule has 1 N–H and O–H groups in total. The number of nitrogens with one attached hydrogen (secondary N) is 1. The molecule has 0 unspecified atom stereocenters. The molecule has 1 saturated carbocycles. The molecule has 12 heteroatoms. The van der Waals surface area contributed by atoms with Crippen LogP contribution in [0.3, 0.4) is 0 Å². The molecule has 2 aromatic carbocycles. The molecule has 3 heterocycles. The molecule has 0 atom stereocenters. The summed E-state index contributed by atoms with van der Waals surface area (Å²) >= 11 is 0. The summed E-state index contributed by atoms with van der Waals surface area (Å²) < 4.78 is 69.2. The lowest BCUT2D eigenvalue weighted by Crippen LogP contribution is -2.32. The van der Waals surface area contributed by atoms with Gasteiger partial charge in [-0.05, 0) is 67.0 Å². The minimum absolute atomic E-state index is 0.0110. The normalized spacial score (nSPS) is 14.0. The number of hydrogen-bond donors (Lipinski definition) is 1. The zero-order valence-electron chi connectivity index (χ0n) is 21.2. The topological polar surface area (TPSA) is 105 Å². The molecule has 1 aliphatic rings. The van der Waals surface area contributed by atoms with E-state index < -0.39 is 21.8 Å². The van der Waals surface area contributed by atoms with Crippen LogP contribution in [0.25, 0.3) is 22.2 Å². The number of nitrogens with zero attached hydrogens (tertiary/aromatic N) is 5. The van der Waals surface area contributed by atoms with Crippen LogP contribution in [-0.2, 0) is 22.7 Å². The number of aromatic nitrogens is 5. The summed E-state index contributed by atoms with van der Waals surface area (Å²) in [6.45, 7) is 1.47. The molecule has 40 heavy (non-hydrogen) atoms. The number of anilines is 1. The number of fused-ring (bicyclic) bond motifs is 1. The van der Waals surface area contributed by atoms with Gasteiger partial charge in [0.25, 0.3) is 10.0 Å². The van der Waals surface area contributed by atoms with Crippen LogP contribution in [0.15, 0.2) is 78.2 Å². The highest BCUT2D eigenvalue weighted by Gasteiger charge is 2.36. The molecule has 1 fully saturated rings. The van der Waals surface area contributed by atoms with Crippen LogP contribution in [0.4, 0.5) is 19.0 Å². The van der Waals surface area contributed by atoms with E-state index in [-0.39, 0.29) is 28.9 Å². The average Bonchev–Trinajstić information content (AvgIpc) is 3.63. The maximum absolute atomic E-state index is 14.3. The summed E-state index contributed by atoms with van der Waals surface area (Å²) in [5, 5.41) is 8.40. The van der Waals surface area contributed by atoms with Crippen molar-refractivity contribution in [2.75, 3.05) is 4.31 Å². The van der Waals surface area contributed by atoms with E-state index >= 15 is 0 Å². The SMILES string of the molecule is Cc1cc(S(=O)(=O)N(Cc2ccc(C(F)(F)F)cn2)c2ncc3ccccc3c2C2CC2)ccc1-c1ncn[nH]1. The molecule has 6 rings (SSSR count). The first-order valence-electron chi connectivity index (χ1n) is 12.5. The molecule has 0 bridgehead atoms. The molecular formula is C28H23F3N6O2S. The van der Waals surface area contributed by atoms with Crippen LogP contribution in [0.1, 0.15) is 41.1 Å². The summed E-state index contributed by atoms with van der Waals surface area (Å²) in [4.78, 5) is 12.7. The molecule has 1 aliphatic carbocycles. The smallest absolute Gasteiger partial charge is 0.259 e. The minimum atomic E-state index is -4.56. The first kappa shape index (κ1) is 25.9. The Hall–Kier alpha value is -4.32. The van der Waals surface area contributed by atoms with Gasteiger partial charge in [0.15, 0.2) is 5.82 Å². The van der Waals surface area contributed by atoms with Crippen molar-refractivity contribution < 1.29 is 21.6 Å². The van der Waals surface area contributed by atoms with Gasteiger partial charge in [-0.2, -0.15) is 18.3 Å². The number of aromatic amines is 1. The van der Waals surface area contributed by atoms with Gasteiger partial charge < -0.3 is 0 Å². The third-order valence-corrected chi connectivity index (χ3v) is 8.69. The van der Waals surface area contributed by atoms with Crippen LogP contribution in [-0.4, -0.2) is 33.6 Å². The molecule has 0 spiro atoms. The van der Waals surface area contributed by atoms with E-state index in [0.29, 0.717) is 23.1 Å². The Morgan fingerprint density at radius 3 is 2.45 bits per heavy atom. The number of rotatable bonds is 7. The van der Waals surface area contributed by atoms with E-state index in [1.54, 1.807) is 19.2 Å². The molecule has 0 radical (unpaired) electrons. The second-order valence-electron chi connectivity index (χ2n) is 9.72. The fraction of sp³-hybridized carbons (Fsp3) is 0.214. The fourth-order valence-electron chi connectivity index (χ4n) is 4.78. The lowest BCUT2D eigenvalue weighted by atomic mass is 10.0. The number of hydrogen-bond acceptors (Lipinski definition) is 6. The second kappa shape index (κ2) is 9.70. The van der Waals surface area contributed by atoms with E-state index in [1.165, 1.54) is 24.5 Å². The minimum Gasteiger partial charge on any atom is -0.259 e. The average molecular weight is 565 g/mol. The van der Waals surface area contributed by atoms with Crippen molar-refractivity contribution in [2.24, 2.45) is 0 Å². The van der Waals surface area contributed by atoms with Crippen molar-refractivity contribution in [3.63, 3.8) is 0 Å². The first-order valence-corrected chi connectivity index (χ1v) is 14.0. The van der Waals surface area contributed by atoms with E-state index in [9.17, 15) is 21.6 Å². The highest BCUT2D eigenvalue weighted by Crippen LogP contribution is 2.48. The maximum atomic E-state index is 14.3. The van der Waals surface area contributed by atoms with Gasteiger partial charge in [-0.3, -0.25) is 10.1 Å². The Morgan fingerprint density at radius 2 is 1.80 bits per heavy atom. The Morgan fingerprint density at radius 1 is 1.00 bits per heavy atom. The van der Waals surface area contributed by atoms with Crippen molar-refractivity contribution in [1.82, 2.24) is 25.1 Å². The van der Waals surface area contributed by atoms with Crippen LogP contribution in [0, 0.1) is 6.92 Å². The van der Waals surface area contributed by atoms with Crippen molar-refractivity contribution in [1.29, 1.82) is 0 Å². The Bertz CT molecular complexity index is 1800. The zero-order chi connectivity index (χ0) is 28.1. The highest BCUT2D eigenvalue weighted by molar-refractivity contribution is 7.92. The number of aryl methyl sites for hydroxylation is 1. The zero-order valence-corrected chi connectivity index (χ0v) is 22.0. The standard InChI is InChI=1S/C28H23F3N6O2S/c1-17-12-22(10-11-23(17)26-34-16-35-36-26)40(38,39)37(15-21-9-8-20(14-32-21)28(29,30)31)27-25(18-6-7-18)24-5-3-2-4-19(24)13-33-27/h2-5,8-14,16,18H,6-7,15H2,1H3,(H,34,35,36). The van der Waals surface area contributed by atoms with E-state index in [0.717, 1.165) is 39.5 Å². The molecule has 0 aliphatic heterocycles. The van der Waals surface area contributed by atoms with Gasteiger partial charge in [0.2, 0.25) is 0 Å². The van der Waals surface area contributed by atoms with E-state index in [4.69, 9.17) is 0 Å². The van der Waals surface area contributed by atoms with Crippen LogP contribution in [0.5, 0.6) is 0 Å². The third-order valence-electron chi connectivity index (χ3n) is 6.95. The number of benzene rings is 2. The predicted octanol–water partition coefficient (Wildman–Crippen LogP) is 6.02. The summed E-state index contributed by atoms with van der Waals surface area (Å²) in [6.07, 6.45) is 0.923. The summed E-state index contributed by atoms with van der Waals surface area (Å²) in [6, 6.07) is 14.4. The lowest BCUT2D eigenvalue weighted by molar-refractivity contribution is -0.137. The van der Waals surface area contributed by atoms with E-state index in [1.807, 2.05) is 24.3 Å². The van der Waals surface area contributed by atoms with Crippen molar-refractivity contribution >= 4 is 26.6 Å². The van der Waals surface area contributed by atoms with Gasteiger partial charge in [-0.15, -0.1) is 0 Å². The molecular weight excluding hydrogens is 541 g/mol. The van der Waals surface area contributed by atoms with Crippen LogP contribution >= 0.6 is 0 Å². The van der Waals surface area contributed by atoms with Crippen LogP contribution < -0.4 is 4.31 Å². The van der Waals surface area contributed by atoms with E-state index in [2.05, 4.69) is 25.1 Å². The molecule has 0 amide bonds. The third kappa shape index (κ3) is 4.79. The number of H-pyrrole nitrogens is 1. The van der Waals surface area contributed by atoms with Crippen LogP contribution in [0.2, 0.25) is 0 Å². The van der Waals surface area contributed by atoms with Crippen molar-refractivity contribution in [2.45, 2.75) is 43.3 Å². The first-order chi connectivity index (χ1) is 19.1. The molecule has 5 aromatic rings. The number of pyridine rings is 2. The number of halogens is 3. The molecule has 3 aromatic heterocycles. The number of sulfonamides is 1. The van der Waals surface area contributed by atoms with Gasteiger partial charge in [-0.25, -0.2) is 22.7 Å². The van der Waals surface area contributed by atoms with Gasteiger partial charge in [0.1, 0.15) is 12.1 Å². The maximum Gasteiger partial charge on any atom is 0.417 e. The molecule has 0 saturated heterocycles. The molecule has 8 nitrogen and oxygen atoms in total. The molecule has 204 valence electrons. The summed E-state index contributed by atoms with van der Waals surface area (Å²) in [7, 11) is -4.23. The van der Waals surface area contributed by atoms with Crippen molar-refractivity contribution in [3.05, 3.63) is 95.7 Å². The Labute approximate surface area is 228 Å². The number of alkyl halides is 3.